The van der Waals surface area contributed by atoms with E-state index in [0.29, 0.717) is 70.3 Å². The normalized spacial score (nSPS) is 17.0. The molecule has 3 amide bonds. The molecule has 2 fully saturated rings. The number of benzene rings is 11. The number of carbonyl (C=O) groups is 8. The number of halogens is 8. The molecule has 4 aromatic heterocycles. The Kier molecular flexibility index (Phi) is 29.4. The molecule has 0 radical (unpaired) electrons. The Balaban J connectivity index is 0.000000137. The number of hydrogen-bond donors (Lipinski definition) is 5. The number of rotatable bonds is 29. The lowest BCUT2D eigenvalue weighted by atomic mass is 9.84. The molecule has 149 heavy (non-hydrogen) atoms. The number of aromatic nitrogens is 8. The zero-order valence-corrected chi connectivity index (χ0v) is 83.0. The number of nitrogens with zero attached hydrogens (tertiary/aromatic N) is 14. The minimum Gasteiger partial charge on any atom is -0.478 e. The van der Waals surface area contributed by atoms with E-state index in [-0.39, 0.29) is 136 Å². The first-order valence-corrected chi connectivity index (χ1v) is 47.9. The Labute approximate surface area is 869 Å². The van der Waals surface area contributed by atoms with Crippen molar-refractivity contribution in [2.45, 2.75) is 81.4 Å². The third-order valence-electron chi connectivity index (χ3n) is 27.0. The number of imidazole rings is 4. The monoisotopic (exact) mass is 2080 g/mol. The van der Waals surface area contributed by atoms with Crippen molar-refractivity contribution in [1.29, 1.82) is 15.8 Å². The van der Waals surface area contributed by atoms with E-state index in [0.717, 1.165) is 54.8 Å². The van der Waals surface area contributed by atoms with Gasteiger partial charge in [-0.05, 0) is 200 Å². The smallest absolute Gasteiger partial charge is 0.336 e. The number of carboxylic acid groups (broad SMARTS) is 1. The van der Waals surface area contributed by atoms with Crippen molar-refractivity contribution in [1.82, 2.24) is 52.9 Å². The van der Waals surface area contributed by atoms with E-state index in [1.165, 1.54) is 125 Å². The van der Waals surface area contributed by atoms with E-state index in [1.54, 1.807) is 183 Å². The maximum atomic E-state index is 16.8. The summed E-state index contributed by atoms with van der Waals surface area (Å²) < 4.78 is 83.4. The summed E-state index contributed by atoms with van der Waals surface area (Å²) in [4.78, 5) is 126. The summed E-state index contributed by atoms with van der Waals surface area (Å²) in [6, 6.07) is 60.7. The molecule has 2 saturated carbocycles. The fourth-order valence-corrected chi connectivity index (χ4v) is 18.8. The van der Waals surface area contributed by atoms with Gasteiger partial charge in [0.15, 0.2) is 23.0 Å². The third-order valence-corrected chi connectivity index (χ3v) is 28.0. The quantitative estimate of drug-likeness (QED) is 0.0215. The fourth-order valence-electron chi connectivity index (χ4n) is 18.3. The van der Waals surface area contributed by atoms with Crippen molar-refractivity contribution in [3.8, 4) is 18.2 Å². The van der Waals surface area contributed by atoms with Crippen LogP contribution in [0.5, 0.6) is 0 Å². The van der Waals surface area contributed by atoms with Crippen LogP contribution in [0.25, 0.3) is 0 Å². The van der Waals surface area contributed by atoms with Crippen LogP contribution in [-0.2, 0) is 80.1 Å². The van der Waals surface area contributed by atoms with Crippen molar-refractivity contribution >= 4 is 93.2 Å². The number of fused-ring (bicyclic) bond motifs is 3. The van der Waals surface area contributed by atoms with Crippen LogP contribution in [0.3, 0.4) is 0 Å². The summed E-state index contributed by atoms with van der Waals surface area (Å²) in [5, 5.41) is 82.7. The van der Waals surface area contributed by atoms with Crippen molar-refractivity contribution in [2.75, 3.05) is 26.4 Å². The van der Waals surface area contributed by atoms with E-state index >= 15 is 13.2 Å². The summed E-state index contributed by atoms with van der Waals surface area (Å²) in [7, 11) is 6.84. The lowest BCUT2D eigenvalue weighted by Gasteiger charge is -2.40. The van der Waals surface area contributed by atoms with Crippen molar-refractivity contribution in [3.05, 3.63) is 457 Å². The molecule has 29 nitrogen and oxygen atoms in total. The maximum absolute atomic E-state index is 16.8. The molecule has 3 aliphatic heterocycles. The molecule has 15 aromatic rings. The summed E-state index contributed by atoms with van der Waals surface area (Å²) >= 11 is 24.3. The van der Waals surface area contributed by atoms with Gasteiger partial charge in [-0.25, -0.2) is 42.3 Å². The fraction of sp³-hybridized carbons (Fsp3) is 0.205. The number of aryl methyl sites for hydroxylation is 4. The van der Waals surface area contributed by atoms with E-state index < -0.39 is 115 Å². The second-order valence-electron chi connectivity index (χ2n) is 37.0. The highest BCUT2D eigenvalue weighted by atomic mass is 35.5. The Hall–Kier alpha value is -16.1. The highest BCUT2D eigenvalue weighted by Crippen LogP contribution is 2.56. The standard InChI is InChI=1S/C34H32ClFN4O4.C32H26ClFN4O4.C27H18ClFN4O3.C19H12ClFN2O4/c1-3-33(43,29-18-39(2)21-38-29)25-14-27-30(28(36)15-25)34(24-8-10-26(35)11-9-24,44-20-32(19-41)12-13-32)40(31(27)42)17-23-6-4-22(16-37)5-7-23;1-37-16-27(36-19-37)29(40)22-12-25-28(26(34)13-22)32(23-6-8-24(33)9-7-23,42-18-31(17-39)10-11-31)38(30(25)41)15-21-4-2-20(14-35)3-5-21;1-32-14-23(31-15-32)25(34)18-10-21-24(22(29)11-18)27(36,19-6-8-20(28)9-7-19)33(26(21)35)13-17-4-2-16(12-30)3-5-17;1-23-8-15(22-9-23)17(24)11-6-13(19(26)27)16(14(21)7-11)18(25)10-2-4-12(20)5-3-10/h4-11,14-15,18,21,41,43H,3,12-13,17,19-20H2,1-2H3;2-9,12-13,16,19,39H,10-11,15,17-18H2,1H3;2-11,14-15,36H,13H2,1H3;2-9H,1H3,(H,26,27)/t33?,34-;32-;;/m11../s1. The molecule has 0 bridgehead atoms. The van der Waals surface area contributed by atoms with E-state index in [9.17, 15) is 78.8 Å². The lowest BCUT2D eigenvalue weighted by Crippen LogP contribution is -2.48. The van der Waals surface area contributed by atoms with Gasteiger partial charge in [0.1, 0.15) is 46.0 Å². The molecular weight excluding hydrogens is 2000 g/mol. The summed E-state index contributed by atoms with van der Waals surface area (Å²) in [6.07, 6.45) is 15.1. The number of ether oxygens (including phenoxy) is 2. The second kappa shape index (κ2) is 42.0. The molecular formula is C112H88Cl4F4N14O15. The van der Waals surface area contributed by atoms with Crippen LogP contribution in [0.1, 0.15) is 223 Å². The van der Waals surface area contributed by atoms with Crippen molar-refractivity contribution in [3.63, 3.8) is 0 Å². The number of carbonyl (C=O) groups excluding carboxylic acids is 7. The number of carboxylic acids is 1. The van der Waals surface area contributed by atoms with Crippen LogP contribution in [0.4, 0.5) is 17.6 Å². The Morgan fingerprint density at radius 1 is 0.416 bits per heavy atom. The molecule has 37 heteroatoms. The zero-order chi connectivity index (χ0) is 106. The predicted molar refractivity (Wildman–Crippen MR) is 535 cm³/mol. The van der Waals surface area contributed by atoms with Gasteiger partial charge in [0.25, 0.3) is 17.7 Å². The van der Waals surface area contributed by atoms with E-state index in [1.807, 2.05) is 6.07 Å². The first-order chi connectivity index (χ1) is 71.3. The topological polar surface area (TPSA) is 409 Å². The van der Waals surface area contributed by atoms with Gasteiger partial charge in [-0.15, -0.1) is 0 Å². The first-order valence-electron chi connectivity index (χ1n) is 46.4. The molecule has 4 atom stereocenters. The molecule has 0 saturated heterocycles. The van der Waals surface area contributed by atoms with Gasteiger partial charge in [0, 0.05) is 142 Å². The largest absolute Gasteiger partial charge is 0.478 e. The number of aromatic carboxylic acids is 1. The molecule has 0 spiro atoms. The molecule has 5 N–H and O–H groups in total. The van der Waals surface area contributed by atoms with Gasteiger partial charge < -0.3 is 53.3 Å². The van der Waals surface area contributed by atoms with Gasteiger partial charge in [-0.3, -0.25) is 48.3 Å². The lowest BCUT2D eigenvalue weighted by molar-refractivity contribution is -0.130. The minimum atomic E-state index is -2.17. The van der Waals surface area contributed by atoms with Crippen molar-refractivity contribution in [2.24, 2.45) is 39.0 Å². The summed E-state index contributed by atoms with van der Waals surface area (Å²) in [6.45, 7) is 1.66. The molecule has 11 aromatic carbocycles. The van der Waals surface area contributed by atoms with Crippen molar-refractivity contribution < 1.29 is 90.9 Å². The number of ketones is 4. The maximum Gasteiger partial charge on any atom is 0.336 e. The number of hydrogen-bond acceptors (Lipinski definition) is 21. The second-order valence-corrected chi connectivity index (χ2v) is 38.8. The van der Waals surface area contributed by atoms with Crippen LogP contribution < -0.4 is 0 Å². The molecule has 5 aliphatic rings. The number of nitriles is 3. The molecule has 20 rings (SSSR count). The highest BCUT2D eigenvalue weighted by molar-refractivity contribution is 6.32. The zero-order valence-electron chi connectivity index (χ0n) is 80.0. The molecule has 7 heterocycles. The first kappa shape index (κ1) is 104. The number of aliphatic hydroxyl groups is 4. The highest BCUT2D eigenvalue weighted by Gasteiger charge is 2.60. The van der Waals surface area contributed by atoms with Crippen LogP contribution in [-0.4, -0.2) is 152 Å². The SMILES string of the molecule is CCC(O)(c1cc(F)c2c(c1)C(=O)N(Cc1ccc(C#N)cc1)[C@@]2(OCC1(CO)CC1)c1ccc(Cl)cc1)c1cn(C)cn1.Cn1cnc(C(=O)c2cc(F)c(C(=O)c3ccc(Cl)cc3)c(C(=O)O)c2)c1.Cn1cnc(C(=O)c2cc(F)c3c(c2)C(=O)N(Cc2ccc(C#N)cc2)C3(O)c2ccc(Cl)cc2)c1.Cn1cnc(C(=O)c2cc(F)c3c(c2)C(=O)N(Cc2ccc(C#N)cc2)[C@@]3(OCC2(CO)CC2)c2ccc(Cl)cc2)c1. The van der Waals surface area contributed by atoms with Crippen LogP contribution in [0.15, 0.2) is 268 Å². The van der Waals surface area contributed by atoms with E-state index in [2.05, 4.69) is 32.1 Å². The Morgan fingerprint density at radius 3 is 1.11 bits per heavy atom. The minimum absolute atomic E-state index is 0.00767. The average molecular weight is 2090 g/mol. The average Bonchev–Trinajstić information content (AvgIpc) is 1.55. The van der Waals surface area contributed by atoms with Crippen LogP contribution >= 0.6 is 46.4 Å². The molecule has 752 valence electrons. The van der Waals surface area contributed by atoms with Gasteiger partial charge in [0.05, 0.1) is 137 Å². The summed E-state index contributed by atoms with van der Waals surface area (Å²) in [5.74, 6) is -9.26. The third kappa shape index (κ3) is 20.3. The van der Waals surface area contributed by atoms with Gasteiger partial charge in [-0.1, -0.05) is 126 Å². The van der Waals surface area contributed by atoms with Gasteiger partial charge >= 0.3 is 5.97 Å². The van der Waals surface area contributed by atoms with Crippen LogP contribution in [0, 0.1) is 68.1 Å². The predicted octanol–water partition coefficient (Wildman–Crippen LogP) is 17.9. The van der Waals surface area contributed by atoms with Gasteiger partial charge in [0.2, 0.25) is 17.3 Å². The number of aliphatic hydroxyl groups excluding tert-OH is 2. The Bertz CT molecular complexity index is 7980. The molecule has 2 aliphatic carbocycles. The van der Waals surface area contributed by atoms with E-state index in [4.69, 9.17) is 61.1 Å². The Morgan fingerprint density at radius 2 is 0.752 bits per heavy atom. The van der Waals surface area contributed by atoms with Crippen LogP contribution in [0.2, 0.25) is 20.1 Å². The summed E-state index contributed by atoms with van der Waals surface area (Å²) in [5.41, 5.74) is -4.67. The van der Waals surface area contributed by atoms with Gasteiger partial charge in [-0.2, -0.15) is 15.8 Å². The number of amides is 3. The molecule has 2 unspecified atom stereocenters.